The minimum atomic E-state index is -0.265. The molecule has 1 aliphatic rings. The van der Waals surface area contributed by atoms with Crippen LogP contribution in [-0.4, -0.2) is 38.1 Å². The lowest BCUT2D eigenvalue weighted by molar-refractivity contribution is -0.126. The molecule has 120 valence electrons. The molecule has 1 heterocycles. The molecule has 1 aliphatic heterocycles. The molecule has 2 amide bonds. The van der Waals surface area contributed by atoms with Gasteiger partial charge in [0.25, 0.3) is 0 Å². The Labute approximate surface area is 131 Å². The van der Waals surface area contributed by atoms with Crippen LogP contribution < -0.4 is 10.2 Å². The molecule has 0 aliphatic carbocycles. The molecule has 22 heavy (non-hydrogen) atoms. The van der Waals surface area contributed by atoms with Crippen LogP contribution in [0.15, 0.2) is 24.3 Å². The van der Waals surface area contributed by atoms with Crippen LogP contribution in [0.5, 0.6) is 0 Å². The van der Waals surface area contributed by atoms with E-state index in [2.05, 4.69) is 5.32 Å². The number of hydrogen-bond acceptors (Lipinski definition) is 3. The second kappa shape index (κ2) is 7.94. The highest BCUT2D eigenvalue weighted by Crippen LogP contribution is 2.27. The summed E-state index contributed by atoms with van der Waals surface area (Å²) in [6.07, 6.45) is 1.08. The fraction of sp³-hybridized carbons (Fsp3) is 0.529. The molecule has 5 nitrogen and oxygen atoms in total. The number of ether oxygens (including phenoxy) is 1. The Bertz CT molecular complexity index is 530. The first kappa shape index (κ1) is 16.5. The van der Waals surface area contributed by atoms with Crippen LogP contribution >= 0.6 is 0 Å². The number of carbonyl (C=O) groups excluding carboxylic acids is 2. The highest BCUT2D eigenvalue weighted by molar-refractivity contribution is 6.00. The Balaban J connectivity index is 1.87. The number of benzene rings is 1. The summed E-state index contributed by atoms with van der Waals surface area (Å²) in [5, 5.41) is 2.89. The molecule has 1 aromatic carbocycles. The predicted molar refractivity (Wildman–Crippen MR) is 85.8 cm³/mol. The van der Waals surface area contributed by atoms with Gasteiger partial charge in [-0.15, -0.1) is 0 Å². The summed E-state index contributed by atoms with van der Waals surface area (Å²) in [6.45, 7) is 6.31. The first-order valence-electron chi connectivity index (χ1n) is 7.85. The van der Waals surface area contributed by atoms with Crippen molar-refractivity contribution in [2.45, 2.75) is 26.7 Å². The average molecular weight is 304 g/mol. The van der Waals surface area contributed by atoms with Gasteiger partial charge in [-0.2, -0.15) is 0 Å². The van der Waals surface area contributed by atoms with Gasteiger partial charge in [-0.3, -0.25) is 9.59 Å². The van der Waals surface area contributed by atoms with E-state index in [-0.39, 0.29) is 24.2 Å². The first-order valence-corrected chi connectivity index (χ1v) is 7.85. The van der Waals surface area contributed by atoms with Crippen molar-refractivity contribution in [3.63, 3.8) is 0 Å². The first-order chi connectivity index (χ1) is 10.6. The standard InChI is InChI=1S/C17H24N2O3/c1-3-22-10-6-9-18-17(21)14-11-16(20)19(12-14)15-8-5-4-7-13(15)2/h4-5,7-8,14H,3,6,9-12H2,1-2H3,(H,18,21)/t14-/m1/s1. The van der Waals surface area contributed by atoms with E-state index in [0.717, 1.165) is 17.7 Å². The summed E-state index contributed by atoms with van der Waals surface area (Å²) in [5.74, 6) is -0.288. The lowest BCUT2D eigenvalue weighted by Crippen LogP contribution is -2.34. The monoisotopic (exact) mass is 304 g/mol. The number of hydrogen-bond donors (Lipinski definition) is 1. The van der Waals surface area contributed by atoms with Crippen LogP contribution in [0.3, 0.4) is 0 Å². The van der Waals surface area contributed by atoms with Crippen molar-refractivity contribution in [1.82, 2.24) is 5.32 Å². The second-order valence-corrected chi connectivity index (χ2v) is 5.53. The van der Waals surface area contributed by atoms with Crippen molar-refractivity contribution in [2.24, 2.45) is 5.92 Å². The van der Waals surface area contributed by atoms with E-state index in [0.29, 0.717) is 26.3 Å². The normalized spacial score (nSPS) is 17.8. The molecule has 0 aromatic heterocycles. The number of anilines is 1. The average Bonchev–Trinajstić information content (AvgIpc) is 2.89. The minimum Gasteiger partial charge on any atom is -0.382 e. The molecule has 1 N–H and O–H groups in total. The van der Waals surface area contributed by atoms with E-state index in [1.165, 1.54) is 0 Å². The smallest absolute Gasteiger partial charge is 0.227 e. The van der Waals surface area contributed by atoms with Gasteiger partial charge in [-0.25, -0.2) is 0 Å². The zero-order chi connectivity index (χ0) is 15.9. The number of aryl methyl sites for hydroxylation is 1. The van der Waals surface area contributed by atoms with Crippen LogP contribution in [0.1, 0.15) is 25.3 Å². The van der Waals surface area contributed by atoms with Crippen LogP contribution in [0, 0.1) is 12.8 Å². The summed E-state index contributed by atoms with van der Waals surface area (Å²) in [7, 11) is 0. The van der Waals surface area contributed by atoms with Crippen molar-refractivity contribution in [2.75, 3.05) is 31.2 Å². The predicted octanol–water partition coefficient (Wildman–Crippen LogP) is 1.89. The molecular weight excluding hydrogens is 280 g/mol. The van der Waals surface area contributed by atoms with E-state index in [1.807, 2.05) is 38.1 Å². The fourth-order valence-corrected chi connectivity index (χ4v) is 2.66. The number of rotatable bonds is 7. The molecule has 0 spiro atoms. The lowest BCUT2D eigenvalue weighted by atomic mass is 10.1. The minimum absolute atomic E-state index is 0.0174. The molecule has 0 bridgehead atoms. The zero-order valence-electron chi connectivity index (χ0n) is 13.3. The van der Waals surface area contributed by atoms with Gasteiger partial charge < -0.3 is 15.0 Å². The Morgan fingerprint density at radius 2 is 2.18 bits per heavy atom. The van der Waals surface area contributed by atoms with Crippen LogP contribution in [0.2, 0.25) is 0 Å². The van der Waals surface area contributed by atoms with Crippen LogP contribution in [0.25, 0.3) is 0 Å². The van der Waals surface area contributed by atoms with Gasteiger partial charge in [0, 0.05) is 38.4 Å². The molecule has 2 rings (SSSR count). The number of carbonyl (C=O) groups is 2. The highest BCUT2D eigenvalue weighted by atomic mass is 16.5. The Morgan fingerprint density at radius 3 is 2.91 bits per heavy atom. The maximum Gasteiger partial charge on any atom is 0.227 e. The highest BCUT2D eigenvalue weighted by Gasteiger charge is 2.35. The van der Waals surface area contributed by atoms with Gasteiger partial charge in [-0.05, 0) is 31.9 Å². The van der Waals surface area contributed by atoms with Crippen molar-refractivity contribution in [3.05, 3.63) is 29.8 Å². The van der Waals surface area contributed by atoms with Crippen molar-refractivity contribution < 1.29 is 14.3 Å². The van der Waals surface area contributed by atoms with Crippen molar-refractivity contribution in [1.29, 1.82) is 0 Å². The molecule has 0 saturated carbocycles. The summed E-state index contributed by atoms with van der Waals surface area (Å²) in [4.78, 5) is 26.1. The Kier molecular flexibility index (Phi) is 5.95. The van der Waals surface area contributed by atoms with Crippen molar-refractivity contribution >= 4 is 17.5 Å². The van der Waals surface area contributed by atoms with E-state index in [1.54, 1.807) is 4.90 Å². The maximum absolute atomic E-state index is 12.2. The molecule has 0 radical (unpaired) electrons. The summed E-state index contributed by atoms with van der Waals surface area (Å²) >= 11 is 0. The third-order valence-corrected chi connectivity index (χ3v) is 3.87. The molecule has 1 saturated heterocycles. The number of amides is 2. The van der Waals surface area contributed by atoms with Crippen LogP contribution in [0.4, 0.5) is 5.69 Å². The SMILES string of the molecule is CCOCCCNC(=O)[C@@H]1CC(=O)N(c2ccccc2C)C1. The quantitative estimate of drug-likeness (QED) is 0.783. The molecule has 5 heteroatoms. The van der Waals surface area contributed by atoms with Crippen molar-refractivity contribution in [3.8, 4) is 0 Å². The van der Waals surface area contributed by atoms with Gasteiger partial charge >= 0.3 is 0 Å². The number of para-hydroxylation sites is 1. The van der Waals surface area contributed by atoms with Gasteiger partial charge in [0.2, 0.25) is 11.8 Å². The molecule has 1 fully saturated rings. The third-order valence-electron chi connectivity index (χ3n) is 3.87. The molecule has 0 unspecified atom stereocenters. The largest absolute Gasteiger partial charge is 0.382 e. The van der Waals surface area contributed by atoms with E-state index in [4.69, 9.17) is 4.74 Å². The number of nitrogens with zero attached hydrogens (tertiary/aromatic N) is 1. The van der Waals surface area contributed by atoms with Gasteiger partial charge in [0.05, 0.1) is 5.92 Å². The lowest BCUT2D eigenvalue weighted by Gasteiger charge is -2.18. The molecule has 1 atom stereocenters. The van der Waals surface area contributed by atoms with Gasteiger partial charge in [0.1, 0.15) is 0 Å². The molecular formula is C17H24N2O3. The summed E-state index contributed by atoms with van der Waals surface area (Å²) in [6, 6.07) is 7.76. The topological polar surface area (TPSA) is 58.6 Å². The summed E-state index contributed by atoms with van der Waals surface area (Å²) in [5.41, 5.74) is 1.95. The van der Waals surface area contributed by atoms with Crippen LogP contribution in [-0.2, 0) is 14.3 Å². The summed E-state index contributed by atoms with van der Waals surface area (Å²) < 4.78 is 5.23. The maximum atomic E-state index is 12.2. The van der Waals surface area contributed by atoms with E-state index < -0.39 is 0 Å². The number of nitrogens with one attached hydrogen (secondary N) is 1. The Morgan fingerprint density at radius 1 is 1.41 bits per heavy atom. The van der Waals surface area contributed by atoms with Gasteiger partial charge in [0.15, 0.2) is 0 Å². The van der Waals surface area contributed by atoms with Gasteiger partial charge in [-0.1, -0.05) is 18.2 Å². The Hall–Kier alpha value is -1.88. The van der Waals surface area contributed by atoms with E-state index >= 15 is 0 Å². The van der Waals surface area contributed by atoms with E-state index in [9.17, 15) is 9.59 Å². The second-order valence-electron chi connectivity index (χ2n) is 5.53. The fourth-order valence-electron chi connectivity index (χ4n) is 2.66. The third kappa shape index (κ3) is 4.07. The zero-order valence-corrected chi connectivity index (χ0v) is 13.3. The molecule has 1 aromatic rings.